The Kier molecular flexibility index (Phi) is 3.44. The topological polar surface area (TPSA) is 17.1 Å². The van der Waals surface area contributed by atoms with Crippen LogP contribution in [0, 0.1) is 0 Å². The van der Waals surface area contributed by atoms with E-state index in [4.69, 9.17) is 11.6 Å². The van der Waals surface area contributed by atoms with E-state index in [0.29, 0.717) is 10.6 Å². The van der Waals surface area contributed by atoms with Gasteiger partial charge in [0.05, 0.1) is 5.02 Å². The summed E-state index contributed by atoms with van der Waals surface area (Å²) in [7, 11) is 0. The molecular weight excluding hydrogens is 376 g/mol. The molecule has 136 valence electrons. The van der Waals surface area contributed by atoms with Crippen LogP contribution in [0.25, 0.3) is 33.4 Å². The molecule has 0 unspecified atom stereocenters. The molecule has 2 heteroatoms. The van der Waals surface area contributed by atoms with Gasteiger partial charge in [-0.25, -0.2) is 0 Å². The largest absolute Gasteiger partial charge is 0.298 e. The maximum absolute atomic E-state index is 12.1. The number of hydrogen-bond acceptors (Lipinski definition) is 1. The van der Waals surface area contributed by atoms with Crippen LogP contribution in [0.3, 0.4) is 0 Å². The molecular formula is C27H15ClO. The van der Waals surface area contributed by atoms with Crippen molar-refractivity contribution in [2.75, 3.05) is 0 Å². The minimum Gasteiger partial charge on any atom is -0.298 e. The van der Waals surface area contributed by atoms with E-state index in [1.54, 1.807) is 0 Å². The minimum atomic E-state index is 0.490. The number of carbonyl (C=O) groups is 1. The van der Waals surface area contributed by atoms with E-state index >= 15 is 0 Å². The van der Waals surface area contributed by atoms with E-state index in [1.807, 2.05) is 18.2 Å². The van der Waals surface area contributed by atoms with Gasteiger partial charge in [0.25, 0.3) is 0 Å². The van der Waals surface area contributed by atoms with Crippen LogP contribution in [0.2, 0.25) is 5.02 Å². The number of hydrogen-bond donors (Lipinski definition) is 0. The fourth-order valence-electron chi connectivity index (χ4n) is 4.82. The Balaban J connectivity index is 1.85. The highest BCUT2D eigenvalue weighted by molar-refractivity contribution is 6.34. The van der Waals surface area contributed by atoms with Crippen LogP contribution >= 0.6 is 11.6 Å². The van der Waals surface area contributed by atoms with Crippen molar-refractivity contribution in [2.24, 2.45) is 0 Å². The van der Waals surface area contributed by atoms with Crippen LogP contribution in [0.15, 0.2) is 84.9 Å². The first-order valence-corrected chi connectivity index (χ1v) is 9.98. The molecule has 29 heavy (non-hydrogen) atoms. The summed E-state index contributed by atoms with van der Waals surface area (Å²) in [6.45, 7) is 0. The van der Waals surface area contributed by atoms with E-state index in [1.165, 1.54) is 27.8 Å². The number of aldehydes is 1. The van der Waals surface area contributed by atoms with Crippen molar-refractivity contribution in [3.63, 3.8) is 0 Å². The third kappa shape index (κ3) is 2.14. The zero-order valence-corrected chi connectivity index (χ0v) is 16.2. The second kappa shape index (κ2) is 6.04. The Bertz CT molecular complexity index is 1330. The molecule has 2 aliphatic carbocycles. The SMILES string of the molecule is O=Cc1c(Cl)ccc2c1C(=C1c3ccccc3-c3ccccc31)c1ccccc1-2. The molecule has 0 aliphatic heterocycles. The van der Waals surface area contributed by atoms with E-state index in [9.17, 15) is 4.79 Å². The number of halogens is 1. The van der Waals surface area contributed by atoms with Gasteiger partial charge >= 0.3 is 0 Å². The highest BCUT2D eigenvalue weighted by Gasteiger charge is 2.33. The van der Waals surface area contributed by atoms with Crippen LogP contribution in [0.4, 0.5) is 0 Å². The van der Waals surface area contributed by atoms with Crippen molar-refractivity contribution in [2.45, 2.75) is 0 Å². The summed E-state index contributed by atoms with van der Waals surface area (Å²) in [6.07, 6.45) is 0.889. The van der Waals surface area contributed by atoms with Gasteiger partial charge < -0.3 is 0 Å². The van der Waals surface area contributed by atoms with Gasteiger partial charge in [-0.3, -0.25) is 4.79 Å². The summed E-state index contributed by atoms with van der Waals surface area (Å²) in [5, 5.41) is 0.490. The Morgan fingerprint density at radius 1 is 0.517 bits per heavy atom. The van der Waals surface area contributed by atoms with Crippen molar-refractivity contribution in [1.82, 2.24) is 0 Å². The zero-order chi connectivity index (χ0) is 19.5. The second-order valence-electron chi connectivity index (χ2n) is 7.39. The highest BCUT2D eigenvalue weighted by atomic mass is 35.5. The van der Waals surface area contributed by atoms with Crippen molar-refractivity contribution in [3.05, 3.63) is 118 Å². The lowest BCUT2D eigenvalue weighted by Gasteiger charge is -2.13. The lowest BCUT2D eigenvalue weighted by molar-refractivity contribution is 0.112. The van der Waals surface area contributed by atoms with Crippen LogP contribution < -0.4 is 0 Å². The molecule has 0 fully saturated rings. The molecule has 0 bridgehead atoms. The van der Waals surface area contributed by atoms with Gasteiger partial charge in [-0.05, 0) is 56.2 Å². The molecule has 0 spiro atoms. The third-order valence-corrected chi connectivity index (χ3v) is 6.31. The standard InChI is InChI=1S/C27H15ClO/c28-24-14-13-22-18-9-3-6-12-21(18)27(26(22)23(24)15-29)25-19-10-4-1-7-16(19)17-8-2-5-11-20(17)25/h1-15H. The van der Waals surface area contributed by atoms with Gasteiger partial charge in [0.15, 0.2) is 6.29 Å². The quantitative estimate of drug-likeness (QED) is 0.273. The zero-order valence-electron chi connectivity index (χ0n) is 15.4. The predicted octanol–water partition coefficient (Wildman–Crippen LogP) is 7.12. The van der Waals surface area contributed by atoms with Crippen LogP contribution in [-0.4, -0.2) is 6.29 Å². The maximum Gasteiger partial charge on any atom is 0.152 e. The summed E-state index contributed by atoms with van der Waals surface area (Å²) >= 11 is 6.47. The van der Waals surface area contributed by atoms with Crippen LogP contribution in [0.1, 0.15) is 32.6 Å². The lowest BCUT2D eigenvalue weighted by Crippen LogP contribution is -1.96. The molecule has 1 nitrogen and oxygen atoms in total. The number of carbonyl (C=O) groups excluding carboxylic acids is 1. The third-order valence-electron chi connectivity index (χ3n) is 5.98. The van der Waals surface area contributed by atoms with Crippen molar-refractivity contribution in [1.29, 1.82) is 0 Å². The maximum atomic E-state index is 12.1. The normalized spacial score (nSPS) is 13.0. The first-order chi connectivity index (χ1) is 14.3. The predicted molar refractivity (Wildman–Crippen MR) is 119 cm³/mol. The van der Waals surface area contributed by atoms with Gasteiger partial charge in [-0.1, -0.05) is 90.5 Å². The van der Waals surface area contributed by atoms with Gasteiger partial charge in [0.1, 0.15) is 0 Å². The van der Waals surface area contributed by atoms with Crippen LogP contribution in [-0.2, 0) is 0 Å². The van der Waals surface area contributed by atoms with E-state index in [2.05, 4.69) is 66.7 Å². The van der Waals surface area contributed by atoms with Gasteiger partial charge in [0.2, 0.25) is 0 Å². The van der Waals surface area contributed by atoms with E-state index in [0.717, 1.165) is 34.1 Å². The molecule has 4 aromatic carbocycles. The minimum absolute atomic E-state index is 0.490. The van der Waals surface area contributed by atoms with Crippen molar-refractivity contribution >= 4 is 29.0 Å². The molecule has 0 atom stereocenters. The number of benzene rings is 4. The monoisotopic (exact) mass is 390 g/mol. The summed E-state index contributed by atoms with van der Waals surface area (Å²) in [4.78, 5) is 12.1. The molecule has 0 aromatic heterocycles. The lowest BCUT2D eigenvalue weighted by atomic mass is 9.90. The summed E-state index contributed by atoms with van der Waals surface area (Å²) < 4.78 is 0. The Morgan fingerprint density at radius 2 is 0.966 bits per heavy atom. The van der Waals surface area contributed by atoms with Crippen molar-refractivity contribution in [3.8, 4) is 22.3 Å². The van der Waals surface area contributed by atoms with Crippen LogP contribution in [0.5, 0.6) is 0 Å². The molecule has 6 rings (SSSR count). The van der Waals surface area contributed by atoms with Gasteiger partial charge in [-0.2, -0.15) is 0 Å². The van der Waals surface area contributed by atoms with E-state index < -0.39 is 0 Å². The summed E-state index contributed by atoms with van der Waals surface area (Å²) in [6, 6.07) is 29.2. The van der Waals surface area contributed by atoms with Gasteiger partial charge in [0, 0.05) is 11.1 Å². The highest BCUT2D eigenvalue weighted by Crippen LogP contribution is 2.55. The molecule has 2 aliphatic rings. The van der Waals surface area contributed by atoms with E-state index in [-0.39, 0.29) is 0 Å². The molecule has 0 heterocycles. The first kappa shape index (κ1) is 16.5. The fraction of sp³-hybridized carbons (Fsp3) is 0. The van der Waals surface area contributed by atoms with Crippen molar-refractivity contribution < 1.29 is 4.79 Å². The first-order valence-electron chi connectivity index (χ1n) is 9.61. The Hall–Kier alpha value is -3.42. The Labute approximate surface area is 173 Å². The molecule has 0 amide bonds. The Morgan fingerprint density at radius 3 is 1.48 bits per heavy atom. The number of rotatable bonds is 1. The summed E-state index contributed by atoms with van der Waals surface area (Å²) in [5.74, 6) is 0. The molecule has 0 N–H and O–H groups in total. The summed E-state index contributed by atoms with van der Waals surface area (Å²) in [5.41, 5.74) is 12.0. The average molecular weight is 391 g/mol. The molecule has 4 aromatic rings. The number of fused-ring (bicyclic) bond motifs is 6. The van der Waals surface area contributed by atoms with Gasteiger partial charge in [-0.15, -0.1) is 0 Å². The second-order valence-corrected chi connectivity index (χ2v) is 7.80. The molecule has 0 saturated carbocycles. The molecule has 0 radical (unpaired) electrons. The smallest absolute Gasteiger partial charge is 0.152 e. The molecule has 0 saturated heterocycles. The average Bonchev–Trinajstić information content (AvgIpc) is 3.26. The fourth-order valence-corrected chi connectivity index (χ4v) is 5.02.